The van der Waals surface area contributed by atoms with Crippen molar-refractivity contribution in [2.24, 2.45) is 0 Å². The molecule has 0 rings (SSSR count). The zero-order valence-electron chi connectivity index (χ0n) is 96.4. The number of ether oxygens (including phenoxy) is 6. The Bertz CT molecular complexity index is 2960. The molecule has 0 aromatic heterocycles. The third kappa shape index (κ3) is 113. The quantitative estimate of drug-likeness (QED) is 0.0238. The van der Waals surface area contributed by atoms with Gasteiger partial charge < -0.3 is 57.8 Å². The van der Waals surface area contributed by atoms with E-state index in [1.165, 1.54) is 216 Å². The van der Waals surface area contributed by atoms with Gasteiger partial charge in [0.05, 0.1) is 14.2 Å². The summed E-state index contributed by atoms with van der Waals surface area (Å²) in [6.07, 6.45) is 101. The van der Waals surface area contributed by atoms with Crippen LogP contribution >= 0.6 is 35.3 Å². The van der Waals surface area contributed by atoms with Crippen LogP contribution in [-0.2, 0) is 57.2 Å². The second-order valence-electron chi connectivity index (χ2n) is 39.9. The van der Waals surface area contributed by atoms with E-state index in [0.29, 0.717) is 65.0 Å². The highest BCUT2D eigenvalue weighted by Crippen LogP contribution is 2.23. The first kappa shape index (κ1) is 145. The zero-order valence-corrected chi connectivity index (χ0v) is 98.8. The van der Waals surface area contributed by atoms with Crippen LogP contribution in [0.15, 0.2) is 72.9 Å². The molecule has 0 bridgehead atoms. The maximum Gasteiger partial charge on any atom is 0.306 e. The molecule has 0 aromatic rings. The predicted octanol–water partition coefficient (Wildman–Crippen LogP) is 33.5. The summed E-state index contributed by atoms with van der Waals surface area (Å²) in [6.45, 7) is 28.0. The van der Waals surface area contributed by atoms with Gasteiger partial charge in [0.15, 0.2) is 0 Å². The van der Waals surface area contributed by atoms with Gasteiger partial charge in [-0.15, -0.1) is 0 Å². The number of esters is 6. The molecule has 0 aliphatic rings. The molecule has 146 heavy (non-hydrogen) atoms. The van der Waals surface area contributed by atoms with Crippen LogP contribution in [0.3, 0.4) is 0 Å². The van der Waals surface area contributed by atoms with Crippen molar-refractivity contribution >= 4 is 86.8 Å². The number of thioether (sulfide) groups is 3. The molecule has 0 spiro atoms. The molecular weight excluding hydrogens is 1890 g/mol. The Labute approximate surface area is 910 Å². The molecule has 0 saturated carbocycles. The van der Waals surface area contributed by atoms with Gasteiger partial charge in [0, 0.05) is 102 Å². The molecule has 0 atom stereocenters. The lowest BCUT2D eigenvalue weighted by molar-refractivity contribution is -0.143. The third-order valence-corrected chi connectivity index (χ3v) is 29.2. The van der Waals surface area contributed by atoms with Gasteiger partial charge in [0.25, 0.3) is 15.7 Å². The molecule has 0 aliphatic heterocycles. The molecule has 0 aliphatic carbocycles. The number of unbranched alkanes of at least 4 members (excludes halogenated alkanes) is 50. The molecule has 0 unspecified atom stereocenters. The van der Waals surface area contributed by atoms with E-state index >= 15 is 0 Å². The molecule has 852 valence electrons. The lowest BCUT2D eigenvalue weighted by Crippen LogP contribution is -2.30. The van der Waals surface area contributed by atoms with Gasteiger partial charge in [-0.3, -0.25) is 43.2 Å². The number of allylic oxidation sites excluding steroid dienone is 8. The fourth-order valence-corrected chi connectivity index (χ4v) is 19.1. The van der Waals surface area contributed by atoms with Crippen molar-refractivity contribution in [2.75, 3.05) is 158 Å². The molecule has 21 nitrogen and oxygen atoms in total. The van der Waals surface area contributed by atoms with Gasteiger partial charge >= 0.3 is 35.8 Å². The van der Waals surface area contributed by atoms with E-state index in [9.17, 15) is 43.2 Å². The summed E-state index contributed by atoms with van der Waals surface area (Å²) < 4.78 is 30.7. The van der Waals surface area contributed by atoms with Crippen LogP contribution in [0.1, 0.15) is 498 Å². The van der Waals surface area contributed by atoms with Crippen LogP contribution < -0.4 is 0 Å². The maximum atomic E-state index is 13.1. The predicted molar refractivity (Wildman–Crippen MR) is 626 cm³/mol. The summed E-state index contributed by atoms with van der Waals surface area (Å²) in [6, 6.07) is 0. The summed E-state index contributed by atoms with van der Waals surface area (Å²) in [7, 11) is 9.14. The number of nitrogens with zero attached hydrogens (tertiary/aromatic N) is 6. The molecule has 24 heteroatoms. The van der Waals surface area contributed by atoms with Crippen LogP contribution in [0.25, 0.3) is 0 Å². The molecule has 3 amide bonds. The molecule has 0 radical (unpaired) electrons. The summed E-state index contributed by atoms with van der Waals surface area (Å²) >= 11 is 4.42. The average Bonchev–Trinajstić information content (AvgIpc) is 0.943. The van der Waals surface area contributed by atoms with Crippen molar-refractivity contribution in [3.8, 4) is 0 Å². The Hall–Kier alpha value is -5.40. The number of hydrogen-bond donors (Lipinski definition) is 0. The van der Waals surface area contributed by atoms with E-state index in [-0.39, 0.29) is 51.5 Å². The van der Waals surface area contributed by atoms with Gasteiger partial charge in [-0.05, 0) is 246 Å². The first-order valence-corrected chi connectivity index (χ1v) is 62.7. The summed E-state index contributed by atoms with van der Waals surface area (Å²) in [5.74, 6) is 1.95. The van der Waals surface area contributed by atoms with Crippen molar-refractivity contribution in [3.05, 3.63) is 72.9 Å². The maximum absolute atomic E-state index is 13.1. The van der Waals surface area contributed by atoms with E-state index in [4.69, 9.17) is 18.9 Å². The molecule has 0 N–H and O–H groups in total. The van der Waals surface area contributed by atoms with Crippen molar-refractivity contribution in [2.45, 2.75) is 498 Å². The molecule has 0 heterocycles. The van der Waals surface area contributed by atoms with E-state index in [0.717, 1.165) is 340 Å². The first-order valence-electron chi connectivity index (χ1n) is 59.8. The topological polar surface area (TPSA) is 228 Å². The second kappa shape index (κ2) is 120. The summed E-state index contributed by atoms with van der Waals surface area (Å²) in [5, 5.41) is 0.673. The third-order valence-electron chi connectivity index (χ3n) is 26.3. The molecule has 0 saturated heterocycles. The van der Waals surface area contributed by atoms with E-state index in [2.05, 4.69) is 157 Å². The normalized spacial score (nSPS) is 11.6. The summed E-state index contributed by atoms with van der Waals surface area (Å²) in [4.78, 5) is 123. The first-order chi connectivity index (χ1) is 71.3. The highest BCUT2D eigenvalue weighted by molar-refractivity contribution is 8.14. The Kier molecular flexibility index (Phi) is 119. The van der Waals surface area contributed by atoms with Gasteiger partial charge in [0.2, 0.25) is 0 Å². The smallest absolute Gasteiger partial charge is 0.306 e. The van der Waals surface area contributed by atoms with Crippen molar-refractivity contribution in [1.82, 2.24) is 29.4 Å². The SMILES string of the molecule is CCCCCC/C=C\COC(=O)CCCCCCCN(CCCCCCCC(=O)OC/C=C\CCCCCC)C(=O)SCCCN(C)CC.CCCCCC/C=C\COC(=O)CCCCCCCN(CCCCCCCC(=O)OC/C=C\CCCCCC)C(=O)SCCCN(CC)CC.COC(=O)CCCCC/C=C\CCCCCCCCN(CCCCCCCC/C=C\CCCCCC(=O)OC)C(=O)SCCN(C)C. The van der Waals surface area contributed by atoms with E-state index in [1.54, 1.807) is 0 Å². The Morgan fingerprint density at radius 3 is 0.644 bits per heavy atom. The molecular formula is C122H226N6O15S3. The minimum absolute atomic E-state index is 0.104. The second-order valence-corrected chi connectivity index (χ2v) is 43.1. The average molecular weight is 2110 g/mol. The molecule has 0 aromatic carbocycles. The Balaban J connectivity index is -0.00000210. The Morgan fingerprint density at radius 1 is 0.205 bits per heavy atom. The lowest BCUT2D eigenvalue weighted by atomic mass is 10.1. The standard InChI is InChI=1S/C42H78N2O5S.C41H76N2O5S.C39H72N2O5S/c1-5-9-11-13-15-23-29-37-48-40(45)32-25-19-17-21-27-35-44(42(47)50-39-31-34-43(7-3)8-4)36-28-22-18-20-26-33-41(46)49-38-30-24-16-14-12-10-6-2;1-5-8-10-12-14-22-28-36-47-39(44)31-24-18-16-20-26-34-43(41(46)49-38-30-33-42(4)7-3)35-27-21-17-19-25-32-40(45)48-37-29-23-15-13-11-9-6-2;1-40(2)35-36-47-39(44)41(33-29-25-21-17-13-9-5-7-11-15-19-23-27-31-37(42)45-3)34-30-26-22-18-14-10-6-8-12-16-20-24-28-32-38(43)46-4/h23-24,29-30H,5-22,25-28,31-39H2,1-4H3;22-23,28-29H,5-21,24-27,30-38H2,1-4H3;7-8,11-12H,5-6,9-10,13-36H2,1-4H3/b29-23-,30-24-;28-22-,29-23-;11-7-,12-8-. The zero-order chi connectivity index (χ0) is 107. The number of rotatable bonds is 104. The van der Waals surface area contributed by atoms with Crippen LogP contribution in [0.5, 0.6) is 0 Å². The van der Waals surface area contributed by atoms with Gasteiger partial charge in [0.1, 0.15) is 26.4 Å². The largest absolute Gasteiger partial charge is 0.469 e. The van der Waals surface area contributed by atoms with Gasteiger partial charge in [-0.1, -0.05) is 375 Å². The molecule has 0 fully saturated rings. The van der Waals surface area contributed by atoms with Crippen LogP contribution in [0.4, 0.5) is 14.4 Å². The van der Waals surface area contributed by atoms with Crippen LogP contribution in [-0.4, -0.2) is 239 Å². The van der Waals surface area contributed by atoms with Crippen LogP contribution in [0.2, 0.25) is 0 Å². The Morgan fingerprint density at radius 2 is 0.411 bits per heavy atom. The van der Waals surface area contributed by atoms with Crippen LogP contribution in [0, 0.1) is 0 Å². The number of amides is 3. The lowest BCUT2D eigenvalue weighted by Gasteiger charge is -2.23. The van der Waals surface area contributed by atoms with Crippen molar-refractivity contribution in [3.63, 3.8) is 0 Å². The van der Waals surface area contributed by atoms with Crippen molar-refractivity contribution < 1.29 is 71.6 Å². The minimum Gasteiger partial charge on any atom is -0.469 e. The van der Waals surface area contributed by atoms with Crippen molar-refractivity contribution in [1.29, 1.82) is 0 Å². The van der Waals surface area contributed by atoms with Gasteiger partial charge in [-0.2, -0.15) is 0 Å². The van der Waals surface area contributed by atoms with E-state index < -0.39 is 0 Å². The number of hydrogen-bond acceptors (Lipinski definition) is 21. The van der Waals surface area contributed by atoms with Gasteiger partial charge in [-0.25, -0.2) is 0 Å². The number of methoxy groups -OCH3 is 2. The number of carbonyl (C=O) groups is 9. The fraction of sp³-hybridized carbons (Fsp3) is 0.828. The monoisotopic (exact) mass is 2110 g/mol. The van der Waals surface area contributed by atoms with E-state index in [1.807, 2.05) is 24.3 Å². The fourth-order valence-electron chi connectivity index (χ4n) is 16.5. The number of carbonyl (C=O) groups excluding carboxylic acids is 9. The highest BCUT2D eigenvalue weighted by Gasteiger charge is 2.19. The highest BCUT2D eigenvalue weighted by atomic mass is 32.2. The summed E-state index contributed by atoms with van der Waals surface area (Å²) in [5.41, 5.74) is 0. The minimum atomic E-state index is -0.106.